The highest BCUT2D eigenvalue weighted by molar-refractivity contribution is 5.94. The minimum Gasteiger partial charge on any atom is -0.385 e. The molecule has 0 radical (unpaired) electrons. The second kappa shape index (κ2) is 5.42. The molecule has 0 saturated carbocycles. The van der Waals surface area contributed by atoms with Crippen LogP contribution in [0.1, 0.15) is 31.1 Å². The van der Waals surface area contributed by atoms with Crippen LogP contribution in [0.3, 0.4) is 0 Å². The summed E-state index contributed by atoms with van der Waals surface area (Å²) in [7, 11) is 0. The van der Waals surface area contributed by atoms with Crippen molar-refractivity contribution < 1.29 is 4.79 Å². The van der Waals surface area contributed by atoms with Crippen LogP contribution in [-0.4, -0.2) is 30.4 Å². The van der Waals surface area contributed by atoms with Crippen molar-refractivity contribution in [2.75, 3.05) is 25.0 Å². The van der Waals surface area contributed by atoms with Crippen LogP contribution < -0.4 is 5.32 Å². The van der Waals surface area contributed by atoms with Crippen LogP contribution >= 0.6 is 0 Å². The molecule has 0 spiro atoms. The van der Waals surface area contributed by atoms with Crippen LogP contribution in [0.25, 0.3) is 0 Å². The highest BCUT2D eigenvalue weighted by Gasteiger charge is 2.29. The molecule has 98 valence electrons. The Morgan fingerprint density at radius 3 is 2.28 bits per heavy atom. The van der Waals surface area contributed by atoms with Crippen molar-refractivity contribution in [3.05, 3.63) is 29.8 Å². The summed E-state index contributed by atoms with van der Waals surface area (Å²) in [5.41, 5.74) is 1.86. The molecule has 1 saturated heterocycles. The highest BCUT2D eigenvalue weighted by atomic mass is 16.2. The third kappa shape index (κ3) is 2.66. The molecule has 1 aromatic carbocycles. The van der Waals surface area contributed by atoms with Crippen LogP contribution in [0.2, 0.25) is 0 Å². The predicted molar refractivity (Wildman–Crippen MR) is 74.8 cm³/mol. The van der Waals surface area contributed by atoms with Gasteiger partial charge in [0.25, 0.3) is 5.91 Å². The van der Waals surface area contributed by atoms with Crippen molar-refractivity contribution in [3.8, 4) is 0 Å². The van der Waals surface area contributed by atoms with Crippen LogP contribution in [-0.2, 0) is 0 Å². The Morgan fingerprint density at radius 2 is 1.78 bits per heavy atom. The van der Waals surface area contributed by atoms with Gasteiger partial charge in [-0.3, -0.25) is 4.79 Å². The number of amides is 1. The first-order chi connectivity index (χ1) is 8.61. The van der Waals surface area contributed by atoms with E-state index in [2.05, 4.69) is 26.1 Å². The lowest BCUT2D eigenvalue weighted by Gasteiger charge is -2.16. The number of nitrogens with one attached hydrogen (secondary N) is 1. The maximum absolute atomic E-state index is 12.3. The van der Waals surface area contributed by atoms with E-state index in [0.29, 0.717) is 11.8 Å². The number of carbonyl (C=O) groups excluding carboxylic acids is 1. The summed E-state index contributed by atoms with van der Waals surface area (Å²) >= 11 is 0. The number of hydrogen-bond acceptors (Lipinski definition) is 2. The molecule has 0 aromatic heterocycles. The van der Waals surface area contributed by atoms with E-state index >= 15 is 0 Å². The summed E-state index contributed by atoms with van der Waals surface area (Å²) in [5.74, 6) is 1.37. The van der Waals surface area contributed by atoms with Gasteiger partial charge in [0.1, 0.15) is 0 Å². The Morgan fingerprint density at radius 1 is 1.22 bits per heavy atom. The zero-order valence-electron chi connectivity index (χ0n) is 11.4. The topological polar surface area (TPSA) is 32.3 Å². The SMILES string of the molecule is CCNc1ccc(C(=O)N2CC(C)C(C)C2)cc1. The number of carbonyl (C=O) groups is 1. The molecule has 0 aliphatic carbocycles. The van der Waals surface area contributed by atoms with Gasteiger partial charge in [0.2, 0.25) is 0 Å². The lowest BCUT2D eigenvalue weighted by atomic mass is 10.0. The Kier molecular flexibility index (Phi) is 3.90. The average molecular weight is 246 g/mol. The fourth-order valence-electron chi connectivity index (χ4n) is 2.41. The molecule has 2 unspecified atom stereocenters. The van der Waals surface area contributed by atoms with Gasteiger partial charge in [0.15, 0.2) is 0 Å². The molecular weight excluding hydrogens is 224 g/mol. The molecule has 2 rings (SSSR count). The lowest BCUT2D eigenvalue weighted by molar-refractivity contribution is 0.0785. The summed E-state index contributed by atoms with van der Waals surface area (Å²) in [4.78, 5) is 14.3. The fraction of sp³-hybridized carbons (Fsp3) is 0.533. The molecule has 1 N–H and O–H groups in total. The van der Waals surface area contributed by atoms with E-state index in [1.54, 1.807) is 0 Å². The van der Waals surface area contributed by atoms with Crippen molar-refractivity contribution in [2.45, 2.75) is 20.8 Å². The second-order valence-corrected chi connectivity index (χ2v) is 5.27. The molecule has 3 nitrogen and oxygen atoms in total. The molecule has 18 heavy (non-hydrogen) atoms. The molecule has 1 fully saturated rings. The van der Waals surface area contributed by atoms with Crippen molar-refractivity contribution in [2.24, 2.45) is 11.8 Å². The number of rotatable bonds is 3. The highest BCUT2D eigenvalue weighted by Crippen LogP contribution is 2.24. The first-order valence-corrected chi connectivity index (χ1v) is 6.75. The average Bonchev–Trinajstić information content (AvgIpc) is 2.70. The Balaban J connectivity index is 2.05. The zero-order valence-corrected chi connectivity index (χ0v) is 11.4. The van der Waals surface area contributed by atoms with Crippen LogP contribution in [0.5, 0.6) is 0 Å². The minimum atomic E-state index is 0.161. The molecular formula is C15H22N2O. The number of benzene rings is 1. The minimum absolute atomic E-state index is 0.161. The molecule has 3 heteroatoms. The van der Waals surface area contributed by atoms with E-state index in [9.17, 15) is 4.79 Å². The molecule has 2 atom stereocenters. The van der Waals surface area contributed by atoms with Crippen molar-refractivity contribution in [1.29, 1.82) is 0 Å². The van der Waals surface area contributed by atoms with Gasteiger partial charge in [-0.2, -0.15) is 0 Å². The van der Waals surface area contributed by atoms with E-state index in [1.807, 2.05) is 29.2 Å². The first-order valence-electron chi connectivity index (χ1n) is 6.75. The van der Waals surface area contributed by atoms with Gasteiger partial charge in [0, 0.05) is 30.9 Å². The predicted octanol–water partition coefficient (Wildman–Crippen LogP) is 2.85. The summed E-state index contributed by atoms with van der Waals surface area (Å²) in [6.07, 6.45) is 0. The number of likely N-dealkylation sites (tertiary alicyclic amines) is 1. The fourth-order valence-corrected chi connectivity index (χ4v) is 2.41. The van der Waals surface area contributed by atoms with E-state index < -0.39 is 0 Å². The lowest BCUT2D eigenvalue weighted by Crippen LogP contribution is -2.28. The normalized spacial score (nSPS) is 23.2. The van der Waals surface area contributed by atoms with E-state index in [0.717, 1.165) is 30.9 Å². The summed E-state index contributed by atoms with van der Waals surface area (Å²) in [5, 5.41) is 3.23. The summed E-state index contributed by atoms with van der Waals surface area (Å²) in [6.45, 7) is 9.16. The first kappa shape index (κ1) is 12.9. The third-order valence-corrected chi connectivity index (χ3v) is 3.79. The monoisotopic (exact) mass is 246 g/mol. The summed E-state index contributed by atoms with van der Waals surface area (Å²) in [6, 6.07) is 7.77. The van der Waals surface area contributed by atoms with Crippen LogP contribution in [0.4, 0.5) is 5.69 Å². The zero-order chi connectivity index (χ0) is 13.1. The Labute approximate surface area is 109 Å². The van der Waals surface area contributed by atoms with Gasteiger partial charge >= 0.3 is 0 Å². The quantitative estimate of drug-likeness (QED) is 0.889. The van der Waals surface area contributed by atoms with Crippen molar-refractivity contribution >= 4 is 11.6 Å². The van der Waals surface area contributed by atoms with Gasteiger partial charge in [-0.05, 0) is 43.0 Å². The summed E-state index contributed by atoms with van der Waals surface area (Å²) < 4.78 is 0. The van der Waals surface area contributed by atoms with Crippen molar-refractivity contribution in [1.82, 2.24) is 4.90 Å². The van der Waals surface area contributed by atoms with Gasteiger partial charge in [-0.25, -0.2) is 0 Å². The molecule has 0 bridgehead atoms. The molecule has 1 amide bonds. The van der Waals surface area contributed by atoms with Gasteiger partial charge in [-0.1, -0.05) is 13.8 Å². The standard InChI is InChI=1S/C15H22N2O/c1-4-16-14-7-5-13(6-8-14)15(18)17-9-11(2)12(3)10-17/h5-8,11-12,16H,4,9-10H2,1-3H3. The number of hydrogen-bond donors (Lipinski definition) is 1. The largest absolute Gasteiger partial charge is 0.385 e. The van der Waals surface area contributed by atoms with Gasteiger partial charge in [-0.15, -0.1) is 0 Å². The van der Waals surface area contributed by atoms with Crippen LogP contribution in [0.15, 0.2) is 24.3 Å². The number of nitrogens with zero attached hydrogens (tertiary/aromatic N) is 1. The third-order valence-electron chi connectivity index (χ3n) is 3.79. The molecule has 1 aromatic rings. The van der Waals surface area contributed by atoms with E-state index in [1.165, 1.54) is 0 Å². The number of anilines is 1. The van der Waals surface area contributed by atoms with Crippen LogP contribution in [0, 0.1) is 11.8 Å². The Hall–Kier alpha value is -1.51. The Bertz CT molecular complexity index is 403. The van der Waals surface area contributed by atoms with Gasteiger partial charge < -0.3 is 10.2 Å². The van der Waals surface area contributed by atoms with Crippen molar-refractivity contribution in [3.63, 3.8) is 0 Å². The smallest absolute Gasteiger partial charge is 0.253 e. The van der Waals surface area contributed by atoms with Gasteiger partial charge in [0.05, 0.1) is 0 Å². The molecule has 1 heterocycles. The molecule has 1 aliphatic heterocycles. The second-order valence-electron chi connectivity index (χ2n) is 5.27. The van der Waals surface area contributed by atoms with E-state index in [-0.39, 0.29) is 5.91 Å². The van der Waals surface area contributed by atoms with E-state index in [4.69, 9.17) is 0 Å². The maximum Gasteiger partial charge on any atom is 0.253 e. The molecule has 1 aliphatic rings. The maximum atomic E-state index is 12.3.